The van der Waals surface area contributed by atoms with Gasteiger partial charge >= 0.3 is 6.36 Å². The standard InChI is InChI=1S/C14H14F3N3O2S/c15-14(16,17)22-10-3-1-9(2-4-10)7-19-13(21)11-8-23-12(20-11)5-6-18/h1-4,8H,5-7,18H2,(H,19,21). The topological polar surface area (TPSA) is 77.2 Å². The van der Waals surface area contributed by atoms with Crippen LogP contribution < -0.4 is 15.8 Å². The summed E-state index contributed by atoms with van der Waals surface area (Å²) in [5.74, 6) is -0.654. The van der Waals surface area contributed by atoms with Crippen LogP contribution in [0.2, 0.25) is 0 Å². The second-order valence-electron chi connectivity index (χ2n) is 4.54. The molecule has 0 aliphatic rings. The molecule has 1 aromatic carbocycles. The molecule has 0 unspecified atom stereocenters. The molecule has 9 heteroatoms. The molecular weight excluding hydrogens is 331 g/mol. The van der Waals surface area contributed by atoms with Crippen LogP contribution in [0.3, 0.4) is 0 Å². The minimum absolute atomic E-state index is 0.175. The average molecular weight is 345 g/mol. The summed E-state index contributed by atoms with van der Waals surface area (Å²) in [5.41, 5.74) is 6.36. The van der Waals surface area contributed by atoms with Crippen LogP contribution >= 0.6 is 11.3 Å². The molecule has 0 atom stereocenters. The van der Waals surface area contributed by atoms with E-state index >= 15 is 0 Å². The van der Waals surface area contributed by atoms with Crippen molar-refractivity contribution < 1.29 is 22.7 Å². The van der Waals surface area contributed by atoms with Gasteiger partial charge in [-0.05, 0) is 24.2 Å². The number of hydrogen-bond acceptors (Lipinski definition) is 5. The summed E-state index contributed by atoms with van der Waals surface area (Å²) < 4.78 is 39.9. The van der Waals surface area contributed by atoms with Gasteiger partial charge in [-0.3, -0.25) is 4.79 Å². The van der Waals surface area contributed by atoms with E-state index in [1.165, 1.54) is 35.6 Å². The van der Waals surface area contributed by atoms with Crippen molar-refractivity contribution in [1.82, 2.24) is 10.3 Å². The van der Waals surface area contributed by atoms with E-state index < -0.39 is 6.36 Å². The number of carbonyl (C=O) groups is 1. The Morgan fingerprint density at radius 1 is 1.30 bits per heavy atom. The Labute approximate surface area is 134 Å². The van der Waals surface area contributed by atoms with E-state index in [4.69, 9.17) is 5.73 Å². The molecule has 124 valence electrons. The first kappa shape index (κ1) is 17.2. The number of halogens is 3. The SMILES string of the molecule is NCCc1nc(C(=O)NCc2ccc(OC(F)(F)F)cc2)cs1. The number of thiazole rings is 1. The van der Waals surface area contributed by atoms with Crippen LogP contribution in [0.5, 0.6) is 5.75 Å². The van der Waals surface area contributed by atoms with Crippen LogP contribution in [0.15, 0.2) is 29.6 Å². The highest BCUT2D eigenvalue weighted by molar-refractivity contribution is 7.09. The number of carbonyl (C=O) groups excluding carboxylic acids is 1. The molecule has 0 spiro atoms. The van der Waals surface area contributed by atoms with E-state index in [-0.39, 0.29) is 18.2 Å². The van der Waals surface area contributed by atoms with Crippen molar-refractivity contribution in [2.75, 3.05) is 6.54 Å². The van der Waals surface area contributed by atoms with E-state index in [0.717, 1.165) is 5.01 Å². The Morgan fingerprint density at radius 2 is 2.00 bits per heavy atom. The fourth-order valence-corrected chi connectivity index (χ4v) is 2.53. The first-order chi connectivity index (χ1) is 10.9. The van der Waals surface area contributed by atoms with Gasteiger partial charge in [0, 0.05) is 18.3 Å². The molecule has 5 nitrogen and oxygen atoms in total. The lowest BCUT2D eigenvalue weighted by Crippen LogP contribution is -2.23. The number of alkyl halides is 3. The zero-order valence-electron chi connectivity index (χ0n) is 11.9. The first-order valence-electron chi connectivity index (χ1n) is 6.65. The van der Waals surface area contributed by atoms with Gasteiger partial charge in [-0.1, -0.05) is 12.1 Å². The van der Waals surface area contributed by atoms with Crippen LogP contribution in [0, 0.1) is 0 Å². The van der Waals surface area contributed by atoms with Gasteiger partial charge in [0.05, 0.1) is 5.01 Å². The van der Waals surface area contributed by atoms with Crippen LogP contribution in [0.25, 0.3) is 0 Å². The number of ether oxygens (including phenoxy) is 1. The number of aromatic nitrogens is 1. The van der Waals surface area contributed by atoms with E-state index in [9.17, 15) is 18.0 Å². The Hall–Kier alpha value is -2.13. The number of benzene rings is 1. The Bertz CT molecular complexity index is 656. The minimum atomic E-state index is -4.72. The summed E-state index contributed by atoms with van der Waals surface area (Å²) >= 11 is 1.36. The lowest BCUT2D eigenvalue weighted by atomic mass is 10.2. The van der Waals surface area contributed by atoms with Gasteiger partial charge in [-0.25, -0.2) is 4.98 Å². The van der Waals surface area contributed by atoms with Gasteiger partial charge in [-0.15, -0.1) is 24.5 Å². The molecule has 1 heterocycles. The van der Waals surface area contributed by atoms with Crippen molar-refractivity contribution in [2.24, 2.45) is 5.73 Å². The fraction of sp³-hybridized carbons (Fsp3) is 0.286. The molecule has 1 amide bonds. The molecule has 0 aliphatic heterocycles. The third kappa shape index (κ3) is 5.53. The molecule has 2 rings (SSSR count). The van der Waals surface area contributed by atoms with Crippen molar-refractivity contribution in [3.8, 4) is 5.75 Å². The summed E-state index contributed by atoms with van der Waals surface area (Å²) in [5, 5.41) is 5.07. The predicted octanol–water partition coefficient (Wildman–Crippen LogP) is 2.47. The highest BCUT2D eigenvalue weighted by Crippen LogP contribution is 2.22. The van der Waals surface area contributed by atoms with Crippen molar-refractivity contribution in [3.63, 3.8) is 0 Å². The fourth-order valence-electron chi connectivity index (χ4n) is 1.74. The van der Waals surface area contributed by atoms with E-state index in [2.05, 4.69) is 15.0 Å². The maximum atomic E-state index is 12.0. The smallest absolute Gasteiger partial charge is 0.406 e. The summed E-state index contributed by atoms with van der Waals surface area (Å²) in [6, 6.07) is 5.28. The van der Waals surface area contributed by atoms with E-state index in [1.807, 2.05) is 0 Å². The normalized spacial score (nSPS) is 11.3. The number of nitrogens with one attached hydrogen (secondary N) is 1. The minimum Gasteiger partial charge on any atom is -0.406 e. The van der Waals surface area contributed by atoms with Crippen LogP contribution in [-0.2, 0) is 13.0 Å². The van der Waals surface area contributed by atoms with Gasteiger partial charge in [-0.2, -0.15) is 0 Å². The lowest BCUT2D eigenvalue weighted by molar-refractivity contribution is -0.274. The van der Waals surface area contributed by atoms with E-state index in [1.54, 1.807) is 5.38 Å². The molecule has 1 aromatic heterocycles. The van der Waals surface area contributed by atoms with Crippen molar-refractivity contribution >= 4 is 17.2 Å². The van der Waals surface area contributed by atoms with Gasteiger partial charge < -0.3 is 15.8 Å². The summed E-state index contributed by atoms with van der Waals surface area (Å²) in [6.45, 7) is 0.635. The van der Waals surface area contributed by atoms with Crippen molar-refractivity contribution in [3.05, 3.63) is 45.9 Å². The molecule has 0 bridgehead atoms. The largest absolute Gasteiger partial charge is 0.573 e. The number of hydrogen-bond donors (Lipinski definition) is 2. The zero-order chi connectivity index (χ0) is 16.9. The monoisotopic (exact) mass is 345 g/mol. The second kappa shape index (κ2) is 7.42. The second-order valence-corrected chi connectivity index (χ2v) is 5.48. The van der Waals surface area contributed by atoms with Gasteiger partial charge in [0.2, 0.25) is 0 Å². The summed E-state index contributed by atoms with van der Waals surface area (Å²) in [7, 11) is 0. The Morgan fingerprint density at radius 3 is 2.61 bits per heavy atom. The number of nitrogens with zero attached hydrogens (tertiary/aromatic N) is 1. The maximum absolute atomic E-state index is 12.0. The molecule has 0 radical (unpaired) electrons. The molecule has 3 N–H and O–H groups in total. The Kier molecular flexibility index (Phi) is 5.56. The first-order valence-corrected chi connectivity index (χ1v) is 7.52. The molecule has 0 saturated heterocycles. The van der Waals surface area contributed by atoms with E-state index in [0.29, 0.717) is 24.2 Å². The van der Waals surface area contributed by atoms with Gasteiger partial charge in [0.1, 0.15) is 11.4 Å². The number of rotatable bonds is 6. The molecule has 23 heavy (non-hydrogen) atoms. The number of nitrogens with two attached hydrogens (primary N) is 1. The molecule has 0 aliphatic carbocycles. The predicted molar refractivity (Wildman–Crippen MR) is 79.2 cm³/mol. The lowest BCUT2D eigenvalue weighted by Gasteiger charge is -2.09. The quantitative estimate of drug-likeness (QED) is 0.843. The van der Waals surface area contributed by atoms with Crippen molar-refractivity contribution in [1.29, 1.82) is 0 Å². The third-order valence-corrected chi connectivity index (χ3v) is 3.66. The number of amides is 1. The molecule has 2 aromatic rings. The van der Waals surface area contributed by atoms with Crippen LogP contribution in [0.4, 0.5) is 13.2 Å². The average Bonchev–Trinajstić information content (AvgIpc) is 2.94. The maximum Gasteiger partial charge on any atom is 0.573 e. The zero-order valence-corrected chi connectivity index (χ0v) is 12.7. The Balaban J connectivity index is 1.88. The highest BCUT2D eigenvalue weighted by Gasteiger charge is 2.30. The third-order valence-electron chi connectivity index (χ3n) is 2.75. The van der Waals surface area contributed by atoms with Gasteiger partial charge in [0.25, 0.3) is 5.91 Å². The highest BCUT2D eigenvalue weighted by atomic mass is 32.1. The van der Waals surface area contributed by atoms with Crippen LogP contribution in [0.1, 0.15) is 21.1 Å². The molecule has 0 saturated carbocycles. The van der Waals surface area contributed by atoms with Crippen molar-refractivity contribution in [2.45, 2.75) is 19.3 Å². The van der Waals surface area contributed by atoms with Crippen LogP contribution in [-0.4, -0.2) is 23.8 Å². The summed E-state index contributed by atoms with van der Waals surface area (Å²) in [6.07, 6.45) is -4.11. The van der Waals surface area contributed by atoms with Gasteiger partial charge in [0.15, 0.2) is 0 Å². The molecule has 0 fully saturated rings. The summed E-state index contributed by atoms with van der Waals surface area (Å²) in [4.78, 5) is 16.1. The molecular formula is C14H14F3N3O2S.